The van der Waals surface area contributed by atoms with Gasteiger partial charge in [0.15, 0.2) is 0 Å². The highest BCUT2D eigenvalue weighted by Gasteiger charge is 2.15. The van der Waals surface area contributed by atoms with Crippen molar-refractivity contribution in [3.05, 3.63) is 0 Å². The third-order valence-electron chi connectivity index (χ3n) is 2.10. The Morgan fingerprint density at radius 1 is 1.50 bits per heavy atom. The molecule has 0 radical (unpaired) electrons. The zero-order chi connectivity index (χ0) is 7.40. The minimum Gasteiger partial charge on any atom is -0.327 e. The van der Waals surface area contributed by atoms with Gasteiger partial charge in [0.2, 0.25) is 0 Å². The highest BCUT2D eigenvalue weighted by atomic mass is 15.2. The molecule has 2 nitrogen and oxygen atoms in total. The van der Waals surface area contributed by atoms with Crippen molar-refractivity contribution >= 4 is 0 Å². The molecule has 0 aliphatic carbocycles. The van der Waals surface area contributed by atoms with Crippen LogP contribution in [0.15, 0.2) is 0 Å². The molecule has 0 unspecified atom stereocenters. The van der Waals surface area contributed by atoms with Crippen LogP contribution in [0.5, 0.6) is 0 Å². The van der Waals surface area contributed by atoms with E-state index in [2.05, 4.69) is 11.8 Å². The Kier molecular flexibility index (Phi) is 3.16. The van der Waals surface area contributed by atoms with Crippen LogP contribution in [0.4, 0.5) is 0 Å². The smallest absolute Gasteiger partial charge is 0.0167 e. The molecule has 60 valence electrons. The zero-order valence-corrected chi connectivity index (χ0v) is 6.84. The lowest BCUT2D eigenvalue weighted by Crippen LogP contribution is -2.44. The molecule has 0 spiro atoms. The maximum Gasteiger partial charge on any atom is 0.0167 e. The minimum absolute atomic E-state index is 0.422. The molecule has 0 aromatic carbocycles. The largest absolute Gasteiger partial charge is 0.327 e. The van der Waals surface area contributed by atoms with Crippen molar-refractivity contribution in [3.8, 4) is 0 Å². The number of hydrogen-bond acceptors (Lipinski definition) is 2. The van der Waals surface area contributed by atoms with E-state index in [0.717, 1.165) is 6.54 Å². The van der Waals surface area contributed by atoms with Crippen LogP contribution in [-0.2, 0) is 0 Å². The van der Waals surface area contributed by atoms with E-state index >= 15 is 0 Å². The molecule has 0 amide bonds. The van der Waals surface area contributed by atoms with Crippen LogP contribution in [0, 0.1) is 0 Å². The van der Waals surface area contributed by atoms with Crippen LogP contribution in [0.25, 0.3) is 0 Å². The Morgan fingerprint density at radius 3 is 2.60 bits per heavy atom. The van der Waals surface area contributed by atoms with Crippen LogP contribution >= 0.6 is 0 Å². The Bertz CT molecular complexity index is 89.3. The van der Waals surface area contributed by atoms with Gasteiger partial charge in [-0.3, -0.25) is 0 Å². The maximum absolute atomic E-state index is 5.85. The van der Waals surface area contributed by atoms with Crippen molar-refractivity contribution < 1.29 is 0 Å². The number of nitrogens with two attached hydrogens (primary N) is 1. The third kappa shape index (κ3) is 2.27. The standard InChI is InChI=1S/C8H18N2/c1-2-4-8(9)7-10-5-3-6-10/h8H,2-7,9H2,1H3/t8-/m0/s1. The third-order valence-corrected chi connectivity index (χ3v) is 2.10. The average Bonchev–Trinajstić information content (AvgIpc) is 1.80. The fourth-order valence-corrected chi connectivity index (χ4v) is 1.36. The van der Waals surface area contributed by atoms with Crippen molar-refractivity contribution in [2.24, 2.45) is 5.73 Å². The quantitative estimate of drug-likeness (QED) is 0.629. The lowest BCUT2D eigenvalue weighted by atomic mass is 10.1. The molecule has 0 bridgehead atoms. The van der Waals surface area contributed by atoms with Crippen molar-refractivity contribution in [1.29, 1.82) is 0 Å². The predicted molar refractivity (Wildman–Crippen MR) is 43.9 cm³/mol. The molecular formula is C8H18N2. The number of rotatable bonds is 4. The lowest BCUT2D eigenvalue weighted by Gasteiger charge is -2.32. The van der Waals surface area contributed by atoms with E-state index < -0.39 is 0 Å². The van der Waals surface area contributed by atoms with E-state index in [1.807, 2.05) is 0 Å². The summed E-state index contributed by atoms with van der Waals surface area (Å²) in [7, 11) is 0. The molecule has 1 rings (SSSR count). The first-order valence-corrected chi connectivity index (χ1v) is 4.31. The van der Waals surface area contributed by atoms with Crippen molar-refractivity contribution in [1.82, 2.24) is 4.90 Å². The zero-order valence-electron chi connectivity index (χ0n) is 6.84. The molecule has 1 atom stereocenters. The molecule has 0 saturated carbocycles. The van der Waals surface area contributed by atoms with E-state index in [1.54, 1.807) is 0 Å². The highest BCUT2D eigenvalue weighted by Crippen LogP contribution is 2.06. The van der Waals surface area contributed by atoms with E-state index in [4.69, 9.17) is 5.73 Å². The van der Waals surface area contributed by atoms with E-state index in [9.17, 15) is 0 Å². The van der Waals surface area contributed by atoms with Gasteiger partial charge in [0.25, 0.3) is 0 Å². The minimum atomic E-state index is 0.422. The van der Waals surface area contributed by atoms with Crippen LogP contribution in [0.3, 0.4) is 0 Å². The lowest BCUT2D eigenvalue weighted by molar-refractivity contribution is 0.168. The van der Waals surface area contributed by atoms with Crippen molar-refractivity contribution in [2.45, 2.75) is 32.2 Å². The molecule has 1 heterocycles. The van der Waals surface area contributed by atoms with Gasteiger partial charge in [-0.05, 0) is 25.9 Å². The van der Waals surface area contributed by atoms with Crippen LogP contribution in [0.1, 0.15) is 26.2 Å². The highest BCUT2D eigenvalue weighted by molar-refractivity contribution is 4.73. The first kappa shape index (κ1) is 8.02. The molecule has 1 fully saturated rings. The molecule has 2 heteroatoms. The second kappa shape index (κ2) is 3.94. The fourth-order valence-electron chi connectivity index (χ4n) is 1.36. The molecule has 1 aliphatic rings. The Hall–Kier alpha value is -0.0800. The first-order chi connectivity index (χ1) is 4.83. The average molecular weight is 142 g/mol. The number of nitrogens with zero attached hydrogens (tertiary/aromatic N) is 1. The summed E-state index contributed by atoms with van der Waals surface area (Å²) in [5.41, 5.74) is 5.85. The summed E-state index contributed by atoms with van der Waals surface area (Å²) in [6, 6.07) is 0.422. The second-order valence-electron chi connectivity index (χ2n) is 3.20. The summed E-state index contributed by atoms with van der Waals surface area (Å²) in [5.74, 6) is 0. The van der Waals surface area contributed by atoms with Gasteiger partial charge in [0.05, 0.1) is 0 Å². The Morgan fingerprint density at radius 2 is 2.20 bits per heavy atom. The fraction of sp³-hybridized carbons (Fsp3) is 1.00. The molecule has 0 aromatic rings. The van der Waals surface area contributed by atoms with E-state index in [-0.39, 0.29) is 0 Å². The van der Waals surface area contributed by atoms with E-state index in [0.29, 0.717) is 6.04 Å². The SMILES string of the molecule is CCC[C@H](N)CN1CCC1. The monoisotopic (exact) mass is 142 g/mol. The molecule has 2 N–H and O–H groups in total. The van der Waals surface area contributed by atoms with Crippen molar-refractivity contribution in [3.63, 3.8) is 0 Å². The van der Waals surface area contributed by atoms with Gasteiger partial charge >= 0.3 is 0 Å². The van der Waals surface area contributed by atoms with Crippen LogP contribution in [0.2, 0.25) is 0 Å². The summed E-state index contributed by atoms with van der Waals surface area (Å²) in [6.45, 7) is 5.86. The Labute approximate surface area is 63.4 Å². The Balaban J connectivity index is 1.99. The topological polar surface area (TPSA) is 29.3 Å². The van der Waals surface area contributed by atoms with Gasteiger partial charge in [-0.25, -0.2) is 0 Å². The van der Waals surface area contributed by atoms with Crippen molar-refractivity contribution in [2.75, 3.05) is 19.6 Å². The summed E-state index contributed by atoms with van der Waals surface area (Å²) < 4.78 is 0. The predicted octanol–water partition coefficient (Wildman–Crippen LogP) is 0.820. The van der Waals surface area contributed by atoms with Gasteiger partial charge in [0.1, 0.15) is 0 Å². The molecular weight excluding hydrogens is 124 g/mol. The van der Waals surface area contributed by atoms with E-state index in [1.165, 1.54) is 32.4 Å². The van der Waals surface area contributed by atoms with Gasteiger partial charge in [-0.15, -0.1) is 0 Å². The van der Waals surface area contributed by atoms with Gasteiger partial charge in [-0.2, -0.15) is 0 Å². The summed E-state index contributed by atoms with van der Waals surface area (Å²) >= 11 is 0. The summed E-state index contributed by atoms with van der Waals surface area (Å²) in [4.78, 5) is 2.43. The maximum atomic E-state index is 5.85. The van der Waals surface area contributed by atoms with Gasteiger partial charge in [-0.1, -0.05) is 13.3 Å². The first-order valence-electron chi connectivity index (χ1n) is 4.31. The van der Waals surface area contributed by atoms with Gasteiger partial charge in [0, 0.05) is 12.6 Å². The normalized spacial score (nSPS) is 22.2. The number of hydrogen-bond donors (Lipinski definition) is 1. The molecule has 1 saturated heterocycles. The molecule has 1 aliphatic heterocycles. The number of likely N-dealkylation sites (tertiary alicyclic amines) is 1. The molecule has 10 heavy (non-hydrogen) atoms. The second-order valence-corrected chi connectivity index (χ2v) is 3.20. The summed E-state index contributed by atoms with van der Waals surface area (Å²) in [6.07, 6.45) is 3.77. The van der Waals surface area contributed by atoms with Crippen LogP contribution < -0.4 is 5.73 Å². The molecule has 0 aromatic heterocycles. The van der Waals surface area contributed by atoms with Crippen LogP contribution in [-0.4, -0.2) is 30.6 Å². The summed E-state index contributed by atoms with van der Waals surface area (Å²) in [5, 5.41) is 0. The van der Waals surface area contributed by atoms with Gasteiger partial charge < -0.3 is 10.6 Å².